The largest absolute Gasteiger partial charge is 0.371 e. The summed E-state index contributed by atoms with van der Waals surface area (Å²) >= 11 is 0. The molecule has 1 fully saturated rings. The van der Waals surface area contributed by atoms with Gasteiger partial charge in [0.1, 0.15) is 0 Å². The zero-order chi connectivity index (χ0) is 17.1. The quantitative estimate of drug-likeness (QED) is 0.521. The second-order valence-corrected chi connectivity index (χ2v) is 7.33. The van der Waals surface area contributed by atoms with Crippen molar-refractivity contribution in [2.45, 2.75) is 52.3 Å². The summed E-state index contributed by atoms with van der Waals surface area (Å²) in [7, 11) is 1.76. The molecule has 1 aromatic rings. The number of benzene rings is 1. The van der Waals surface area contributed by atoms with Gasteiger partial charge >= 0.3 is 0 Å². The van der Waals surface area contributed by atoms with E-state index in [2.05, 4.69) is 45.1 Å². The molecule has 0 aliphatic heterocycles. The summed E-state index contributed by atoms with van der Waals surface area (Å²) in [5.74, 6) is 2.37. The average Bonchev–Trinajstić information content (AvgIpc) is 3.20. The molecule has 0 saturated heterocycles. The molecule has 0 amide bonds. The fourth-order valence-corrected chi connectivity index (χ4v) is 4.12. The first-order chi connectivity index (χ1) is 11.6. The van der Waals surface area contributed by atoms with Crippen molar-refractivity contribution in [2.24, 2.45) is 23.7 Å². The topological polar surface area (TPSA) is 27.7 Å². The molecular weight excluding hydrogens is 300 g/mol. The van der Waals surface area contributed by atoms with Gasteiger partial charge in [0.05, 0.1) is 18.8 Å². The van der Waals surface area contributed by atoms with Crippen LogP contribution in [0.15, 0.2) is 42.5 Å². The van der Waals surface area contributed by atoms with Crippen LogP contribution >= 0.6 is 0 Å². The van der Waals surface area contributed by atoms with Crippen LogP contribution in [0.25, 0.3) is 0 Å². The Bertz CT molecular complexity index is 541. The summed E-state index contributed by atoms with van der Waals surface area (Å²) in [4.78, 5) is 0. The van der Waals surface area contributed by atoms with Crippen LogP contribution in [-0.4, -0.2) is 25.6 Å². The van der Waals surface area contributed by atoms with E-state index in [1.54, 1.807) is 7.11 Å². The number of allylic oxidation sites excluding steroid dienone is 2. The summed E-state index contributed by atoms with van der Waals surface area (Å²) in [6, 6.07) is 10.3. The predicted octanol–water partition coefficient (Wildman–Crippen LogP) is 4.43. The van der Waals surface area contributed by atoms with Gasteiger partial charge in [-0.05, 0) is 43.6 Å². The SMILES string of the molecule is CO[C@H](O[C@H](C)[C@H](C)OCc1ccccc1)[C@@H]1[C@@H](C)[C@@H]2C=C[C@H]1C2. The highest BCUT2D eigenvalue weighted by atomic mass is 16.7. The Morgan fingerprint density at radius 1 is 1.04 bits per heavy atom. The van der Waals surface area contributed by atoms with E-state index in [0.29, 0.717) is 30.3 Å². The molecule has 7 atom stereocenters. The summed E-state index contributed by atoms with van der Waals surface area (Å²) in [5.41, 5.74) is 1.19. The molecule has 0 heterocycles. The molecule has 24 heavy (non-hydrogen) atoms. The lowest BCUT2D eigenvalue weighted by Gasteiger charge is -2.34. The van der Waals surface area contributed by atoms with Crippen LogP contribution in [-0.2, 0) is 20.8 Å². The zero-order valence-corrected chi connectivity index (χ0v) is 15.2. The highest BCUT2D eigenvalue weighted by Gasteiger charge is 2.46. The zero-order valence-electron chi connectivity index (χ0n) is 15.2. The van der Waals surface area contributed by atoms with Crippen LogP contribution in [0, 0.1) is 23.7 Å². The van der Waals surface area contributed by atoms with Crippen molar-refractivity contribution in [3.8, 4) is 0 Å². The molecule has 3 rings (SSSR count). The van der Waals surface area contributed by atoms with Crippen molar-refractivity contribution in [1.82, 2.24) is 0 Å². The van der Waals surface area contributed by atoms with E-state index < -0.39 is 0 Å². The predicted molar refractivity (Wildman–Crippen MR) is 95.4 cm³/mol. The molecule has 132 valence electrons. The molecule has 1 saturated carbocycles. The van der Waals surface area contributed by atoms with E-state index in [0.717, 1.165) is 0 Å². The molecule has 0 N–H and O–H groups in total. The Balaban J connectivity index is 1.52. The summed E-state index contributed by atoms with van der Waals surface area (Å²) in [6.07, 6.45) is 5.83. The Hall–Kier alpha value is -1.16. The van der Waals surface area contributed by atoms with Crippen LogP contribution in [0.5, 0.6) is 0 Å². The van der Waals surface area contributed by atoms with Crippen molar-refractivity contribution >= 4 is 0 Å². The van der Waals surface area contributed by atoms with Gasteiger partial charge in [-0.1, -0.05) is 49.4 Å². The first-order valence-electron chi connectivity index (χ1n) is 9.12. The van der Waals surface area contributed by atoms with E-state index in [-0.39, 0.29) is 18.5 Å². The summed E-state index contributed by atoms with van der Waals surface area (Å²) in [6.45, 7) is 7.09. The summed E-state index contributed by atoms with van der Waals surface area (Å²) < 4.78 is 18.0. The van der Waals surface area contributed by atoms with Crippen LogP contribution in [0.1, 0.15) is 32.8 Å². The lowest BCUT2D eigenvalue weighted by molar-refractivity contribution is -0.213. The molecule has 0 radical (unpaired) electrons. The Kier molecular flexibility index (Phi) is 5.75. The Morgan fingerprint density at radius 2 is 1.75 bits per heavy atom. The van der Waals surface area contributed by atoms with Gasteiger partial charge in [0.25, 0.3) is 0 Å². The van der Waals surface area contributed by atoms with Gasteiger partial charge < -0.3 is 14.2 Å². The molecule has 3 heteroatoms. The van der Waals surface area contributed by atoms with E-state index in [1.165, 1.54) is 12.0 Å². The third-order valence-electron chi connectivity index (χ3n) is 5.84. The third kappa shape index (κ3) is 3.74. The number of ether oxygens (including phenoxy) is 3. The van der Waals surface area contributed by atoms with E-state index >= 15 is 0 Å². The molecule has 0 aromatic heterocycles. The lowest BCUT2D eigenvalue weighted by atomic mass is 9.84. The lowest BCUT2D eigenvalue weighted by Crippen LogP contribution is -2.39. The van der Waals surface area contributed by atoms with Gasteiger partial charge in [0, 0.05) is 13.0 Å². The first kappa shape index (κ1) is 17.7. The Morgan fingerprint density at radius 3 is 2.38 bits per heavy atom. The number of fused-ring (bicyclic) bond motifs is 2. The molecule has 2 bridgehead atoms. The molecule has 0 spiro atoms. The minimum atomic E-state index is -0.155. The standard InChI is InChI=1S/C21H30O3/c1-14-18-10-11-19(12-18)20(14)21(22-4)24-16(3)15(2)23-13-17-8-6-5-7-9-17/h5-11,14-16,18-21H,12-13H2,1-4H3/t14-,15-,16+,18+,19-,20+,21+/m0/s1. The van der Waals surface area contributed by atoms with E-state index in [9.17, 15) is 0 Å². The van der Waals surface area contributed by atoms with Gasteiger partial charge in [0.15, 0.2) is 6.29 Å². The van der Waals surface area contributed by atoms with Crippen molar-refractivity contribution < 1.29 is 14.2 Å². The maximum atomic E-state index is 6.28. The van der Waals surface area contributed by atoms with Gasteiger partial charge in [-0.15, -0.1) is 0 Å². The second kappa shape index (κ2) is 7.81. The molecule has 2 aliphatic rings. The van der Waals surface area contributed by atoms with Crippen LogP contribution < -0.4 is 0 Å². The molecule has 1 aromatic carbocycles. The first-order valence-corrected chi connectivity index (χ1v) is 9.12. The minimum Gasteiger partial charge on any atom is -0.371 e. The van der Waals surface area contributed by atoms with E-state index in [1.807, 2.05) is 18.2 Å². The number of rotatable bonds is 8. The number of hydrogen-bond acceptors (Lipinski definition) is 3. The van der Waals surface area contributed by atoms with Crippen LogP contribution in [0.2, 0.25) is 0 Å². The van der Waals surface area contributed by atoms with Crippen LogP contribution in [0.4, 0.5) is 0 Å². The van der Waals surface area contributed by atoms with Crippen molar-refractivity contribution in [3.05, 3.63) is 48.0 Å². The average molecular weight is 330 g/mol. The second-order valence-electron chi connectivity index (χ2n) is 7.33. The highest BCUT2D eigenvalue weighted by Crippen LogP contribution is 2.50. The van der Waals surface area contributed by atoms with Crippen molar-refractivity contribution in [1.29, 1.82) is 0 Å². The molecule has 0 unspecified atom stereocenters. The number of methoxy groups -OCH3 is 1. The van der Waals surface area contributed by atoms with Crippen molar-refractivity contribution in [3.63, 3.8) is 0 Å². The van der Waals surface area contributed by atoms with Crippen LogP contribution in [0.3, 0.4) is 0 Å². The maximum Gasteiger partial charge on any atom is 0.161 e. The van der Waals surface area contributed by atoms with Gasteiger partial charge in [-0.3, -0.25) is 0 Å². The van der Waals surface area contributed by atoms with Gasteiger partial charge in [-0.25, -0.2) is 0 Å². The maximum absolute atomic E-state index is 6.28. The molecule has 3 nitrogen and oxygen atoms in total. The fraction of sp³-hybridized carbons (Fsp3) is 0.619. The van der Waals surface area contributed by atoms with Gasteiger partial charge in [0.2, 0.25) is 0 Å². The van der Waals surface area contributed by atoms with Gasteiger partial charge in [-0.2, -0.15) is 0 Å². The summed E-state index contributed by atoms with van der Waals surface area (Å²) in [5, 5.41) is 0. The van der Waals surface area contributed by atoms with E-state index in [4.69, 9.17) is 14.2 Å². The highest BCUT2D eigenvalue weighted by molar-refractivity contribution is 5.14. The molecular formula is C21H30O3. The minimum absolute atomic E-state index is 0.00558. The number of hydrogen-bond donors (Lipinski definition) is 0. The smallest absolute Gasteiger partial charge is 0.161 e. The third-order valence-corrected chi connectivity index (χ3v) is 5.84. The fourth-order valence-electron chi connectivity index (χ4n) is 4.12. The van der Waals surface area contributed by atoms with Crippen molar-refractivity contribution in [2.75, 3.05) is 7.11 Å². The molecule has 2 aliphatic carbocycles. The Labute approximate surface area is 146 Å². The normalized spacial score (nSPS) is 32.0. The monoisotopic (exact) mass is 330 g/mol.